The molecule has 9 heteroatoms. The van der Waals surface area contributed by atoms with Crippen molar-refractivity contribution in [3.8, 4) is 5.82 Å². The fraction of sp³-hybridized carbons (Fsp3) is 0.385. The van der Waals surface area contributed by atoms with Gasteiger partial charge in [-0.2, -0.15) is 10.1 Å². The Morgan fingerprint density at radius 2 is 2.14 bits per heavy atom. The standard InChI is InChI=1S/C13H12F2N6O/c14-11(15)9-6-13(22-19-9)7-20(8-13)12-16-4-2-10(18-12)21-5-1-3-17-21/h1-5,11H,6-8H2. The van der Waals surface area contributed by atoms with Gasteiger partial charge in [0.2, 0.25) is 5.95 Å². The Morgan fingerprint density at radius 3 is 2.82 bits per heavy atom. The molecule has 0 radical (unpaired) electrons. The van der Waals surface area contributed by atoms with Gasteiger partial charge < -0.3 is 9.74 Å². The van der Waals surface area contributed by atoms with E-state index < -0.39 is 12.0 Å². The monoisotopic (exact) mass is 306 g/mol. The summed E-state index contributed by atoms with van der Waals surface area (Å²) < 4.78 is 26.9. The van der Waals surface area contributed by atoms with E-state index in [1.165, 1.54) is 0 Å². The highest BCUT2D eigenvalue weighted by atomic mass is 19.3. The number of anilines is 1. The van der Waals surface area contributed by atoms with Gasteiger partial charge in [0.15, 0.2) is 11.4 Å². The molecule has 0 bridgehead atoms. The summed E-state index contributed by atoms with van der Waals surface area (Å²) >= 11 is 0. The molecule has 2 aliphatic heterocycles. The number of rotatable bonds is 3. The Labute approximate surface area is 124 Å². The second-order valence-corrected chi connectivity index (χ2v) is 5.36. The fourth-order valence-electron chi connectivity index (χ4n) is 2.65. The number of aromatic nitrogens is 4. The minimum atomic E-state index is -2.56. The van der Waals surface area contributed by atoms with E-state index in [4.69, 9.17) is 4.84 Å². The van der Waals surface area contributed by atoms with Crippen molar-refractivity contribution < 1.29 is 13.6 Å². The lowest BCUT2D eigenvalue weighted by Gasteiger charge is -2.45. The summed E-state index contributed by atoms with van der Waals surface area (Å²) in [5, 5.41) is 7.59. The zero-order valence-electron chi connectivity index (χ0n) is 11.4. The first-order valence-corrected chi connectivity index (χ1v) is 6.76. The molecule has 1 saturated heterocycles. The van der Waals surface area contributed by atoms with Crippen molar-refractivity contribution in [2.45, 2.75) is 18.4 Å². The van der Waals surface area contributed by atoms with E-state index in [2.05, 4.69) is 20.2 Å². The maximum atomic E-state index is 12.6. The van der Waals surface area contributed by atoms with Gasteiger partial charge in [0, 0.05) is 31.1 Å². The van der Waals surface area contributed by atoms with E-state index >= 15 is 0 Å². The van der Waals surface area contributed by atoms with Crippen molar-refractivity contribution in [3.05, 3.63) is 30.7 Å². The lowest BCUT2D eigenvalue weighted by atomic mass is 9.89. The Kier molecular flexibility index (Phi) is 2.81. The summed E-state index contributed by atoms with van der Waals surface area (Å²) in [6.07, 6.45) is 2.68. The Morgan fingerprint density at radius 1 is 1.27 bits per heavy atom. The molecule has 0 amide bonds. The minimum Gasteiger partial charge on any atom is -0.385 e. The molecular formula is C13H12F2N6O. The van der Waals surface area contributed by atoms with Gasteiger partial charge in [-0.05, 0) is 6.07 Å². The molecule has 0 atom stereocenters. The van der Waals surface area contributed by atoms with Gasteiger partial charge in [-0.15, -0.1) is 0 Å². The van der Waals surface area contributed by atoms with Gasteiger partial charge in [-0.3, -0.25) is 0 Å². The molecule has 4 heterocycles. The van der Waals surface area contributed by atoms with E-state index in [0.29, 0.717) is 24.9 Å². The third-order valence-electron chi connectivity index (χ3n) is 3.72. The average molecular weight is 306 g/mol. The minimum absolute atomic E-state index is 0.153. The first kappa shape index (κ1) is 13.1. The van der Waals surface area contributed by atoms with E-state index in [1.54, 1.807) is 35.4 Å². The Hall–Kier alpha value is -2.58. The van der Waals surface area contributed by atoms with Crippen molar-refractivity contribution in [2.75, 3.05) is 18.0 Å². The second-order valence-electron chi connectivity index (χ2n) is 5.36. The van der Waals surface area contributed by atoms with Crippen LogP contribution in [0.5, 0.6) is 0 Å². The first-order valence-electron chi connectivity index (χ1n) is 6.76. The number of hydrogen-bond acceptors (Lipinski definition) is 6. The number of oxime groups is 1. The molecule has 4 rings (SSSR count). The highest BCUT2D eigenvalue weighted by molar-refractivity contribution is 5.89. The zero-order chi connectivity index (χ0) is 15.2. The normalized spacial score (nSPS) is 19.2. The van der Waals surface area contributed by atoms with Gasteiger partial charge in [0.05, 0.1) is 13.1 Å². The predicted octanol–water partition coefficient (Wildman–Crippen LogP) is 1.26. The van der Waals surface area contributed by atoms with Gasteiger partial charge in [-0.1, -0.05) is 5.16 Å². The third kappa shape index (κ3) is 2.09. The van der Waals surface area contributed by atoms with Crippen molar-refractivity contribution in [1.29, 1.82) is 0 Å². The molecule has 1 spiro atoms. The van der Waals surface area contributed by atoms with Crippen LogP contribution in [-0.4, -0.2) is 50.6 Å². The molecule has 114 valence electrons. The maximum absolute atomic E-state index is 12.6. The molecular weight excluding hydrogens is 294 g/mol. The van der Waals surface area contributed by atoms with Crippen LogP contribution in [0.15, 0.2) is 35.9 Å². The molecule has 0 N–H and O–H groups in total. The number of alkyl halides is 2. The van der Waals surface area contributed by atoms with Crippen LogP contribution < -0.4 is 4.90 Å². The molecule has 0 aliphatic carbocycles. The largest absolute Gasteiger partial charge is 0.385 e. The van der Waals surface area contributed by atoms with Crippen LogP contribution in [0.2, 0.25) is 0 Å². The molecule has 2 aromatic heterocycles. The fourth-order valence-corrected chi connectivity index (χ4v) is 2.65. The molecule has 1 fully saturated rings. The van der Waals surface area contributed by atoms with E-state index in [9.17, 15) is 8.78 Å². The SMILES string of the molecule is FC(F)C1=NOC2(C1)CN(c1nccc(-n3cccn3)n1)C2. The van der Waals surface area contributed by atoms with Crippen molar-refractivity contribution in [1.82, 2.24) is 19.7 Å². The van der Waals surface area contributed by atoms with Crippen molar-refractivity contribution in [3.63, 3.8) is 0 Å². The first-order chi connectivity index (χ1) is 10.7. The molecule has 0 unspecified atom stereocenters. The topological polar surface area (TPSA) is 68.4 Å². The Bertz CT molecular complexity index is 711. The third-order valence-corrected chi connectivity index (χ3v) is 3.72. The summed E-state index contributed by atoms with van der Waals surface area (Å²) in [5.41, 5.74) is -0.845. The lowest BCUT2D eigenvalue weighted by Crippen LogP contribution is -2.62. The van der Waals surface area contributed by atoms with Crippen LogP contribution in [0, 0.1) is 0 Å². The van der Waals surface area contributed by atoms with Gasteiger partial charge in [0.25, 0.3) is 6.43 Å². The second kappa shape index (κ2) is 4.72. The smallest absolute Gasteiger partial charge is 0.279 e. The highest BCUT2D eigenvalue weighted by Crippen LogP contribution is 2.36. The maximum Gasteiger partial charge on any atom is 0.279 e. The van der Waals surface area contributed by atoms with Crippen LogP contribution >= 0.6 is 0 Å². The van der Waals surface area contributed by atoms with Crippen LogP contribution in [0.3, 0.4) is 0 Å². The predicted molar refractivity (Wildman–Crippen MR) is 73.2 cm³/mol. The molecule has 2 aromatic rings. The van der Waals surface area contributed by atoms with Gasteiger partial charge in [0.1, 0.15) is 5.71 Å². The summed E-state index contributed by atoms with van der Waals surface area (Å²) in [6.45, 7) is 0.880. The van der Waals surface area contributed by atoms with E-state index in [1.807, 2.05) is 4.90 Å². The van der Waals surface area contributed by atoms with Crippen molar-refractivity contribution >= 4 is 11.7 Å². The summed E-state index contributed by atoms with van der Waals surface area (Å²) in [6, 6.07) is 3.55. The molecule has 0 saturated carbocycles. The van der Waals surface area contributed by atoms with Crippen LogP contribution in [0.25, 0.3) is 5.82 Å². The summed E-state index contributed by atoms with van der Waals surface area (Å²) in [5.74, 6) is 1.17. The lowest BCUT2D eigenvalue weighted by molar-refractivity contribution is -0.0399. The molecule has 7 nitrogen and oxygen atoms in total. The Balaban J connectivity index is 1.47. The zero-order valence-corrected chi connectivity index (χ0v) is 11.4. The quantitative estimate of drug-likeness (QED) is 0.854. The van der Waals surface area contributed by atoms with Gasteiger partial charge >= 0.3 is 0 Å². The van der Waals surface area contributed by atoms with E-state index in [0.717, 1.165) is 0 Å². The molecule has 2 aliphatic rings. The highest BCUT2D eigenvalue weighted by Gasteiger charge is 2.52. The summed E-state index contributed by atoms with van der Waals surface area (Å²) in [4.78, 5) is 15.7. The van der Waals surface area contributed by atoms with Crippen LogP contribution in [-0.2, 0) is 4.84 Å². The average Bonchev–Trinajstić information content (AvgIpc) is 3.15. The van der Waals surface area contributed by atoms with E-state index in [-0.39, 0.29) is 12.1 Å². The van der Waals surface area contributed by atoms with Crippen LogP contribution in [0.4, 0.5) is 14.7 Å². The number of hydrogen-bond donors (Lipinski definition) is 0. The molecule has 0 aromatic carbocycles. The van der Waals surface area contributed by atoms with Crippen molar-refractivity contribution in [2.24, 2.45) is 5.16 Å². The number of nitrogens with zero attached hydrogens (tertiary/aromatic N) is 6. The summed E-state index contributed by atoms with van der Waals surface area (Å²) in [7, 11) is 0. The van der Waals surface area contributed by atoms with Crippen LogP contribution in [0.1, 0.15) is 6.42 Å². The number of halogens is 2. The van der Waals surface area contributed by atoms with Gasteiger partial charge in [-0.25, -0.2) is 18.4 Å². The molecule has 22 heavy (non-hydrogen) atoms.